The molecule has 0 amide bonds. The average molecular weight is 245 g/mol. The van der Waals surface area contributed by atoms with E-state index in [1.54, 1.807) is 0 Å². The van der Waals surface area contributed by atoms with E-state index in [9.17, 15) is 0 Å². The zero-order valence-electron chi connectivity index (χ0n) is 11.2. The van der Waals surface area contributed by atoms with Crippen molar-refractivity contribution in [2.24, 2.45) is 5.92 Å². The molecule has 1 aromatic carbocycles. The fraction of sp³-hybridized carbons (Fsp3) is 0.625. The Morgan fingerprint density at radius 2 is 2.06 bits per heavy atom. The van der Waals surface area contributed by atoms with Crippen LogP contribution in [0.15, 0.2) is 24.3 Å². The molecule has 0 spiro atoms. The first-order valence-corrected chi connectivity index (χ1v) is 7.28. The number of hydrogen-bond donors (Lipinski definition) is 1. The van der Waals surface area contributed by atoms with E-state index in [0.29, 0.717) is 12.1 Å². The first kappa shape index (κ1) is 12.0. The molecule has 1 fully saturated rings. The first-order chi connectivity index (χ1) is 8.86. The number of fused-ring (bicyclic) bond motifs is 1. The molecule has 1 aliphatic heterocycles. The molecule has 2 nitrogen and oxygen atoms in total. The van der Waals surface area contributed by atoms with Crippen molar-refractivity contribution in [3.8, 4) is 5.75 Å². The normalized spacial score (nSPS) is 24.8. The van der Waals surface area contributed by atoms with Gasteiger partial charge in [0.1, 0.15) is 11.9 Å². The van der Waals surface area contributed by atoms with Gasteiger partial charge in [0, 0.05) is 12.5 Å². The lowest BCUT2D eigenvalue weighted by atomic mass is 9.93. The summed E-state index contributed by atoms with van der Waals surface area (Å²) in [6.45, 7) is 0. The van der Waals surface area contributed by atoms with Gasteiger partial charge in [0.05, 0.1) is 0 Å². The Morgan fingerprint density at radius 3 is 2.78 bits per heavy atom. The van der Waals surface area contributed by atoms with Gasteiger partial charge in [0.15, 0.2) is 0 Å². The van der Waals surface area contributed by atoms with Crippen molar-refractivity contribution in [1.82, 2.24) is 5.32 Å². The van der Waals surface area contributed by atoms with Crippen LogP contribution in [0.2, 0.25) is 0 Å². The molecule has 0 aromatic heterocycles. The minimum Gasteiger partial charge on any atom is -0.488 e. The topological polar surface area (TPSA) is 21.3 Å². The van der Waals surface area contributed by atoms with E-state index in [2.05, 4.69) is 36.6 Å². The number of hydrogen-bond acceptors (Lipinski definition) is 2. The second-order valence-corrected chi connectivity index (χ2v) is 5.75. The maximum absolute atomic E-state index is 6.11. The lowest BCUT2D eigenvalue weighted by molar-refractivity contribution is 0.165. The lowest BCUT2D eigenvalue weighted by Crippen LogP contribution is -2.41. The number of rotatable bonds is 4. The summed E-state index contributed by atoms with van der Waals surface area (Å²) >= 11 is 0. The predicted molar refractivity (Wildman–Crippen MR) is 74.0 cm³/mol. The van der Waals surface area contributed by atoms with E-state index in [1.807, 2.05) is 0 Å². The van der Waals surface area contributed by atoms with Crippen LogP contribution in [-0.2, 0) is 6.42 Å². The number of benzene rings is 1. The molecular formula is C16H23NO. The van der Waals surface area contributed by atoms with Crippen LogP contribution in [0.3, 0.4) is 0 Å². The van der Waals surface area contributed by atoms with Crippen LogP contribution >= 0.6 is 0 Å². The van der Waals surface area contributed by atoms with Crippen molar-refractivity contribution in [3.63, 3.8) is 0 Å². The standard InChI is InChI=1S/C16H23NO/c1-17-14(10-12-6-2-3-7-12)16-11-13-8-4-5-9-15(13)18-16/h4-5,8-9,12,14,16-17H,2-3,6-7,10-11H2,1H3. The van der Waals surface area contributed by atoms with Crippen molar-refractivity contribution in [2.75, 3.05) is 7.05 Å². The highest BCUT2D eigenvalue weighted by atomic mass is 16.5. The van der Waals surface area contributed by atoms with Crippen LogP contribution in [0.5, 0.6) is 5.75 Å². The van der Waals surface area contributed by atoms with Gasteiger partial charge in [-0.3, -0.25) is 0 Å². The molecule has 1 aromatic rings. The Labute approximate surface area is 110 Å². The van der Waals surface area contributed by atoms with Gasteiger partial charge in [0.2, 0.25) is 0 Å². The summed E-state index contributed by atoms with van der Waals surface area (Å²) in [5.74, 6) is 2.00. The summed E-state index contributed by atoms with van der Waals surface area (Å²) in [6.07, 6.45) is 8.34. The van der Waals surface area contributed by atoms with Gasteiger partial charge in [-0.1, -0.05) is 43.9 Å². The fourth-order valence-electron chi connectivity index (χ4n) is 3.49. The van der Waals surface area contributed by atoms with Gasteiger partial charge in [-0.05, 0) is 31.0 Å². The van der Waals surface area contributed by atoms with Crippen molar-refractivity contribution in [2.45, 2.75) is 50.7 Å². The molecule has 98 valence electrons. The largest absolute Gasteiger partial charge is 0.488 e. The van der Waals surface area contributed by atoms with Gasteiger partial charge in [-0.15, -0.1) is 0 Å². The Balaban J connectivity index is 1.63. The summed E-state index contributed by atoms with van der Waals surface area (Å²) < 4.78 is 6.11. The first-order valence-electron chi connectivity index (χ1n) is 7.28. The highest BCUT2D eigenvalue weighted by Crippen LogP contribution is 2.34. The molecule has 0 saturated heterocycles. The van der Waals surface area contributed by atoms with E-state index >= 15 is 0 Å². The average Bonchev–Trinajstić information content (AvgIpc) is 3.04. The summed E-state index contributed by atoms with van der Waals surface area (Å²) in [5, 5.41) is 3.48. The van der Waals surface area contributed by atoms with Crippen molar-refractivity contribution < 1.29 is 4.74 Å². The minimum atomic E-state index is 0.327. The number of ether oxygens (including phenoxy) is 1. The molecular weight excluding hydrogens is 222 g/mol. The maximum atomic E-state index is 6.11. The zero-order chi connectivity index (χ0) is 12.4. The third-order valence-electron chi connectivity index (χ3n) is 4.55. The van der Waals surface area contributed by atoms with Crippen LogP contribution in [-0.4, -0.2) is 19.2 Å². The quantitative estimate of drug-likeness (QED) is 0.880. The summed E-state index contributed by atoms with van der Waals surface area (Å²) in [7, 11) is 2.08. The van der Waals surface area contributed by atoms with Gasteiger partial charge in [0.25, 0.3) is 0 Å². The Hall–Kier alpha value is -1.02. The Kier molecular flexibility index (Phi) is 3.55. The molecule has 2 atom stereocenters. The molecule has 2 unspecified atom stereocenters. The number of para-hydroxylation sites is 1. The van der Waals surface area contributed by atoms with Crippen molar-refractivity contribution >= 4 is 0 Å². The summed E-state index contributed by atoms with van der Waals surface area (Å²) in [6, 6.07) is 8.96. The van der Waals surface area contributed by atoms with E-state index < -0.39 is 0 Å². The van der Waals surface area contributed by atoms with Crippen LogP contribution in [0.1, 0.15) is 37.7 Å². The second-order valence-electron chi connectivity index (χ2n) is 5.75. The molecule has 1 saturated carbocycles. The SMILES string of the molecule is CNC(CC1CCCC1)C1Cc2ccccc2O1. The molecule has 1 heterocycles. The second kappa shape index (κ2) is 5.31. The highest BCUT2D eigenvalue weighted by Gasteiger charge is 2.31. The Bertz CT molecular complexity index is 373. The van der Waals surface area contributed by atoms with E-state index in [1.165, 1.54) is 37.7 Å². The molecule has 2 aliphatic rings. The summed E-state index contributed by atoms with van der Waals surface area (Å²) in [5.41, 5.74) is 1.37. The number of nitrogens with one attached hydrogen (secondary N) is 1. The van der Waals surface area contributed by atoms with Gasteiger partial charge in [-0.25, -0.2) is 0 Å². The van der Waals surface area contributed by atoms with Gasteiger partial charge >= 0.3 is 0 Å². The van der Waals surface area contributed by atoms with Crippen LogP contribution in [0.4, 0.5) is 0 Å². The smallest absolute Gasteiger partial charge is 0.123 e. The molecule has 3 rings (SSSR count). The van der Waals surface area contributed by atoms with E-state index in [0.717, 1.165) is 18.1 Å². The minimum absolute atomic E-state index is 0.327. The molecule has 1 aliphatic carbocycles. The van der Waals surface area contributed by atoms with Gasteiger partial charge in [-0.2, -0.15) is 0 Å². The molecule has 1 N–H and O–H groups in total. The molecule has 2 heteroatoms. The van der Waals surface area contributed by atoms with Crippen LogP contribution in [0, 0.1) is 5.92 Å². The van der Waals surface area contributed by atoms with Crippen LogP contribution in [0.25, 0.3) is 0 Å². The third kappa shape index (κ3) is 2.39. The third-order valence-corrected chi connectivity index (χ3v) is 4.55. The predicted octanol–water partition coefficient (Wildman–Crippen LogP) is 3.16. The van der Waals surface area contributed by atoms with Crippen molar-refractivity contribution in [1.29, 1.82) is 0 Å². The van der Waals surface area contributed by atoms with E-state index in [4.69, 9.17) is 4.74 Å². The fourth-order valence-corrected chi connectivity index (χ4v) is 3.49. The highest BCUT2D eigenvalue weighted by molar-refractivity contribution is 5.37. The summed E-state index contributed by atoms with van der Waals surface area (Å²) in [4.78, 5) is 0. The molecule has 18 heavy (non-hydrogen) atoms. The molecule has 0 bridgehead atoms. The maximum Gasteiger partial charge on any atom is 0.123 e. The van der Waals surface area contributed by atoms with Gasteiger partial charge < -0.3 is 10.1 Å². The van der Waals surface area contributed by atoms with E-state index in [-0.39, 0.29) is 0 Å². The van der Waals surface area contributed by atoms with Crippen molar-refractivity contribution in [3.05, 3.63) is 29.8 Å². The lowest BCUT2D eigenvalue weighted by Gasteiger charge is -2.25. The monoisotopic (exact) mass is 245 g/mol. The Morgan fingerprint density at radius 1 is 1.28 bits per heavy atom. The number of likely N-dealkylation sites (N-methyl/N-ethyl adjacent to an activating group) is 1. The molecule has 0 radical (unpaired) electrons. The zero-order valence-corrected chi connectivity index (χ0v) is 11.2. The van der Waals surface area contributed by atoms with Crippen LogP contribution < -0.4 is 10.1 Å².